The first-order chi connectivity index (χ1) is 7.22. The van der Waals surface area contributed by atoms with Crippen molar-refractivity contribution in [3.05, 3.63) is 28.2 Å². The lowest BCUT2D eigenvalue weighted by atomic mass is 10.3. The smallest absolute Gasteiger partial charge is 0.159 e. The van der Waals surface area contributed by atoms with Crippen LogP contribution in [0.1, 0.15) is 29.5 Å². The summed E-state index contributed by atoms with van der Waals surface area (Å²) in [6.45, 7) is 3.88. The Morgan fingerprint density at radius 2 is 2.40 bits per heavy atom. The largest absolute Gasteiger partial charge is 0.388 e. The van der Waals surface area contributed by atoms with Crippen LogP contribution >= 0.6 is 11.3 Å². The fourth-order valence-electron chi connectivity index (χ4n) is 1.39. The molecule has 0 amide bonds. The maximum absolute atomic E-state index is 9.07. The maximum atomic E-state index is 9.07. The molecule has 0 aromatic carbocycles. The van der Waals surface area contributed by atoms with Crippen LogP contribution < -0.4 is 0 Å². The van der Waals surface area contributed by atoms with Crippen molar-refractivity contribution in [2.75, 3.05) is 0 Å². The SMILES string of the molecule is Cc1csc(C(C)n2cnnc2CO)n1. The number of aryl methyl sites for hydroxylation is 1. The van der Waals surface area contributed by atoms with Gasteiger partial charge < -0.3 is 9.67 Å². The Balaban J connectivity index is 2.31. The van der Waals surface area contributed by atoms with Gasteiger partial charge in [-0.15, -0.1) is 21.5 Å². The average molecular weight is 224 g/mol. The number of thiazole rings is 1. The van der Waals surface area contributed by atoms with E-state index in [2.05, 4.69) is 15.2 Å². The first-order valence-corrected chi connectivity index (χ1v) is 5.51. The highest BCUT2D eigenvalue weighted by Crippen LogP contribution is 2.22. The second kappa shape index (κ2) is 4.08. The van der Waals surface area contributed by atoms with E-state index in [0.29, 0.717) is 5.82 Å². The molecule has 0 bridgehead atoms. The fourth-order valence-corrected chi connectivity index (χ4v) is 2.24. The van der Waals surface area contributed by atoms with Crippen molar-refractivity contribution in [1.82, 2.24) is 19.7 Å². The molecule has 2 rings (SSSR count). The van der Waals surface area contributed by atoms with Crippen LogP contribution in [0.5, 0.6) is 0 Å². The fraction of sp³-hybridized carbons (Fsp3) is 0.444. The van der Waals surface area contributed by atoms with Crippen LogP contribution in [0.25, 0.3) is 0 Å². The van der Waals surface area contributed by atoms with E-state index in [0.717, 1.165) is 10.7 Å². The first-order valence-electron chi connectivity index (χ1n) is 4.63. The van der Waals surface area contributed by atoms with Crippen molar-refractivity contribution in [1.29, 1.82) is 0 Å². The molecule has 2 heterocycles. The molecule has 1 N–H and O–H groups in total. The van der Waals surface area contributed by atoms with Gasteiger partial charge in [-0.2, -0.15) is 0 Å². The standard InChI is InChI=1S/C9H12N4OS/c1-6-4-15-9(11-6)7(2)13-5-10-12-8(13)3-14/h4-5,7,14H,3H2,1-2H3. The number of hydrogen-bond donors (Lipinski definition) is 1. The molecular weight excluding hydrogens is 212 g/mol. The highest BCUT2D eigenvalue weighted by atomic mass is 32.1. The van der Waals surface area contributed by atoms with Crippen LogP contribution in [0.4, 0.5) is 0 Å². The number of rotatable bonds is 3. The van der Waals surface area contributed by atoms with Gasteiger partial charge in [0.1, 0.15) is 17.9 Å². The summed E-state index contributed by atoms with van der Waals surface area (Å²) in [5, 5.41) is 19.7. The van der Waals surface area contributed by atoms with Crippen molar-refractivity contribution in [2.24, 2.45) is 0 Å². The normalized spacial score (nSPS) is 13.0. The van der Waals surface area contributed by atoms with E-state index in [9.17, 15) is 0 Å². The third kappa shape index (κ3) is 1.91. The van der Waals surface area contributed by atoms with Crippen molar-refractivity contribution >= 4 is 11.3 Å². The Morgan fingerprint density at radius 1 is 1.60 bits per heavy atom. The highest BCUT2D eigenvalue weighted by Gasteiger charge is 2.14. The monoisotopic (exact) mass is 224 g/mol. The molecule has 0 saturated carbocycles. The van der Waals surface area contributed by atoms with Crippen LogP contribution in [0.3, 0.4) is 0 Å². The molecule has 0 aliphatic rings. The summed E-state index contributed by atoms with van der Waals surface area (Å²) in [5.74, 6) is 0.565. The summed E-state index contributed by atoms with van der Waals surface area (Å²) in [7, 11) is 0. The predicted molar refractivity (Wildman–Crippen MR) is 56.6 cm³/mol. The zero-order valence-electron chi connectivity index (χ0n) is 8.58. The van der Waals surface area contributed by atoms with Gasteiger partial charge in [0.2, 0.25) is 0 Å². The number of aliphatic hydroxyl groups excluding tert-OH is 1. The number of nitrogens with zero attached hydrogens (tertiary/aromatic N) is 4. The van der Waals surface area contributed by atoms with Crippen LogP contribution in [0, 0.1) is 6.92 Å². The lowest BCUT2D eigenvalue weighted by Gasteiger charge is -2.11. The molecule has 5 nitrogen and oxygen atoms in total. The van der Waals surface area contributed by atoms with E-state index in [1.807, 2.05) is 23.8 Å². The van der Waals surface area contributed by atoms with Crippen LogP contribution in [0.2, 0.25) is 0 Å². The zero-order chi connectivity index (χ0) is 10.8. The van der Waals surface area contributed by atoms with Gasteiger partial charge in [0.25, 0.3) is 0 Å². The number of aromatic nitrogens is 4. The van der Waals surface area contributed by atoms with Crippen molar-refractivity contribution in [3.8, 4) is 0 Å². The molecule has 1 unspecified atom stereocenters. The van der Waals surface area contributed by atoms with Crippen LogP contribution in [-0.4, -0.2) is 24.9 Å². The molecular formula is C9H12N4OS. The van der Waals surface area contributed by atoms with E-state index < -0.39 is 0 Å². The lowest BCUT2D eigenvalue weighted by Crippen LogP contribution is -2.09. The summed E-state index contributed by atoms with van der Waals surface area (Å²) in [4.78, 5) is 4.40. The minimum atomic E-state index is -0.102. The second-order valence-corrected chi connectivity index (χ2v) is 4.21. The lowest BCUT2D eigenvalue weighted by molar-refractivity contribution is 0.263. The summed E-state index contributed by atoms with van der Waals surface area (Å²) < 4.78 is 1.83. The minimum absolute atomic E-state index is 0.0702. The molecule has 0 aliphatic carbocycles. The topological polar surface area (TPSA) is 63.8 Å². The van der Waals surface area contributed by atoms with E-state index in [1.165, 1.54) is 0 Å². The van der Waals surface area contributed by atoms with Gasteiger partial charge in [-0.05, 0) is 13.8 Å². The molecule has 2 aromatic heterocycles. The molecule has 0 fully saturated rings. The van der Waals surface area contributed by atoms with Crippen molar-refractivity contribution in [3.63, 3.8) is 0 Å². The van der Waals surface area contributed by atoms with Gasteiger partial charge in [0, 0.05) is 11.1 Å². The third-order valence-electron chi connectivity index (χ3n) is 2.20. The van der Waals surface area contributed by atoms with E-state index in [4.69, 9.17) is 5.11 Å². The quantitative estimate of drug-likeness (QED) is 0.849. The molecule has 0 spiro atoms. The van der Waals surface area contributed by atoms with Crippen molar-refractivity contribution in [2.45, 2.75) is 26.5 Å². The Bertz CT molecular complexity index is 450. The maximum Gasteiger partial charge on any atom is 0.159 e. The van der Waals surface area contributed by atoms with Gasteiger partial charge in [-0.3, -0.25) is 0 Å². The van der Waals surface area contributed by atoms with E-state index >= 15 is 0 Å². The van der Waals surface area contributed by atoms with E-state index in [1.54, 1.807) is 17.7 Å². The number of hydrogen-bond acceptors (Lipinski definition) is 5. The van der Waals surface area contributed by atoms with Gasteiger partial charge >= 0.3 is 0 Å². The van der Waals surface area contributed by atoms with Crippen molar-refractivity contribution < 1.29 is 5.11 Å². The highest BCUT2D eigenvalue weighted by molar-refractivity contribution is 7.09. The summed E-state index contributed by atoms with van der Waals surface area (Å²) in [6, 6.07) is 0.0702. The zero-order valence-corrected chi connectivity index (χ0v) is 9.40. The van der Waals surface area contributed by atoms with E-state index in [-0.39, 0.29) is 12.6 Å². The first kappa shape index (κ1) is 10.3. The molecule has 15 heavy (non-hydrogen) atoms. The van der Waals surface area contributed by atoms with Crippen LogP contribution in [0.15, 0.2) is 11.7 Å². The van der Waals surface area contributed by atoms with Gasteiger partial charge in [-0.25, -0.2) is 4.98 Å². The van der Waals surface area contributed by atoms with Gasteiger partial charge in [0.15, 0.2) is 5.82 Å². The molecule has 80 valence electrons. The summed E-state index contributed by atoms with van der Waals surface area (Å²) in [6.07, 6.45) is 1.62. The molecule has 1 atom stereocenters. The second-order valence-electron chi connectivity index (χ2n) is 3.32. The predicted octanol–water partition coefficient (Wildman–Crippen LogP) is 1.14. The summed E-state index contributed by atoms with van der Waals surface area (Å²) in [5.41, 5.74) is 1.01. The van der Waals surface area contributed by atoms with Gasteiger partial charge in [-0.1, -0.05) is 0 Å². The Hall–Kier alpha value is -1.27. The molecule has 6 heteroatoms. The Kier molecular flexibility index (Phi) is 2.79. The molecule has 2 aromatic rings. The number of aliphatic hydroxyl groups is 1. The Morgan fingerprint density at radius 3 is 3.00 bits per heavy atom. The van der Waals surface area contributed by atoms with Crippen LogP contribution in [-0.2, 0) is 6.61 Å². The summed E-state index contributed by atoms with van der Waals surface area (Å²) >= 11 is 1.61. The molecule has 0 aliphatic heterocycles. The minimum Gasteiger partial charge on any atom is -0.388 e. The van der Waals surface area contributed by atoms with Gasteiger partial charge in [0.05, 0.1) is 6.04 Å². The third-order valence-corrected chi connectivity index (χ3v) is 3.33. The molecule has 0 saturated heterocycles. The Labute approximate surface area is 91.4 Å². The molecule has 0 radical (unpaired) electrons. The average Bonchev–Trinajstić information content (AvgIpc) is 2.84.